The van der Waals surface area contributed by atoms with E-state index in [9.17, 15) is 9.18 Å². The highest BCUT2D eigenvalue weighted by Gasteiger charge is 2.19. The lowest BCUT2D eigenvalue weighted by Gasteiger charge is -2.23. The van der Waals surface area contributed by atoms with Crippen molar-refractivity contribution in [3.05, 3.63) is 35.6 Å². The van der Waals surface area contributed by atoms with Gasteiger partial charge in [-0.1, -0.05) is 32.9 Å². The summed E-state index contributed by atoms with van der Waals surface area (Å²) < 4.78 is 12.8. The maximum Gasteiger partial charge on any atom is 0.222 e. The van der Waals surface area contributed by atoms with Gasteiger partial charge in [0.05, 0.1) is 6.04 Å². The van der Waals surface area contributed by atoms with Crippen LogP contribution in [0.15, 0.2) is 24.3 Å². The first kappa shape index (κ1) is 16.6. The number of carbonyl (C=O) groups is 1. The van der Waals surface area contributed by atoms with Crippen LogP contribution < -0.4 is 11.1 Å². The fourth-order valence-corrected chi connectivity index (χ4v) is 2.23. The van der Waals surface area contributed by atoms with E-state index in [1.165, 1.54) is 12.1 Å². The van der Waals surface area contributed by atoms with Gasteiger partial charge in [-0.15, -0.1) is 0 Å². The van der Waals surface area contributed by atoms with Crippen LogP contribution in [0.2, 0.25) is 0 Å². The van der Waals surface area contributed by atoms with Gasteiger partial charge in [-0.25, -0.2) is 4.39 Å². The molecule has 0 aliphatic carbocycles. The van der Waals surface area contributed by atoms with Gasteiger partial charge in [0.15, 0.2) is 0 Å². The molecule has 0 saturated carbocycles. The zero-order chi connectivity index (χ0) is 15.3. The second-order valence-electron chi connectivity index (χ2n) is 6.57. The Balaban J connectivity index is 2.47. The van der Waals surface area contributed by atoms with Crippen LogP contribution in [0.5, 0.6) is 0 Å². The topological polar surface area (TPSA) is 55.1 Å². The minimum Gasteiger partial charge on any atom is -0.350 e. The van der Waals surface area contributed by atoms with Gasteiger partial charge in [-0.3, -0.25) is 4.79 Å². The minimum atomic E-state index is -0.278. The second-order valence-corrected chi connectivity index (χ2v) is 6.57. The maximum absolute atomic E-state index is 12.8. The number of amides is 1. The lowest BCUT2D eigenvalue weighted by molar-refractivity contribution is -0.122. The highest BCUT2D eigenvalue weighted by Crippen LogP contribution is 2.21. The third-order valence-electron chi connectivity index (χ3n) is 3.07. The molecule has 2 atom stereocenters. The van der Waals surface area contributed by atoms with E-state index in [0.29, 0.717) is 6.42 Å². The molecular weight excluding hydrogens is 255 g/mol. The van der Waals surface area contributed by atoms with Crippen molar-refractivity contribution in [3.8, 4) is 0 Å². The SMILES string of the molecule is C[C@@H](NC(=O)CC(N)CC(C)(C)C)c1ccc(F)cc1. The van der Waals surface area contributed by atoms with E-state index < -0.39 is 0 Å². The van der Waals surface area contributed by atoms with Crippen molar-refractivity contribution in [3.63, 3.8) is 0 Å². The van der Waals surface area contributed by atoms with Crippen LogP contribution in [0, 0.1) is 11.2 Å². The van der Waals surface area contributed by atoms with E-state index in [1.54, 1.807) is 12.1 Å². The molecule has 1 unspecified atom stereocenters. The first-order chi connectivity index (χ1) is 9.17. The van der Waals surface area contributed by atoms with Gasteiger partial charge < -0.3 is 11.1 Å². The third kappa shape index (κ3) is 6.15. The monoisotopic (exact) mass is 280 g/mol. The van der Waals surface area contributed by atoms with Crippen molar-refractivity contribution in [2.24, 2.45) is 11.1 Å². The van der Waals surface area contributed by atoms with Gasteiger partial charge in [0.1, 0.15) is 5.82 Å². The molecule has 0 radical (unpaired) electrons. The molecule has 0 aromatic heterocycles. The van der Waals surface area contributed by atoms with E-state index >= 15 is 0 Å². The van der Waals surface area contributed by atoms with E-state index in [4.69, 9.17) is 5.73 Å². The van der Waals surface area contributed by atoms with Gasteiger partial charge in [0, 0.05) is 12.5 Å². The van der Waals surface area contributed by atoms with E-state index in [0.717, 1.165) is 12.0 Å². The molecule has 0 bridgehead atoms. The smallest absolute Gasteiger partial charge is 0.222 e. The predicted molar refractivity (Wildman–Crippen MR) is 79.6 cm³/mol. The summed E-state index contributed by atoms with van der Waals surface area (Å²) in [7, 11) is 0. The Morgan fingerprint density at radius 2 is 1.85 bits per heavy atom. The van der Waals surface area contributed by atoms with Gasteiger partial charge in [-0.2, -0.15) is 0 Å². The lowest BCUT2D eigenvalue weighted by atomic mass is 9.87. The van der Waals surface area contributed by atoms with Gasteiger partial charge in [0.25, 0.3) is 0 Å². The Morgan fingerprint density at radius 1 is 1.30 bits per heavy atom. The largest absolute Gasteiger partial charge is 0.350 e. The van der Waals surface area contributed by atoms with Crippen LogP contribution in [-0.4, -0.2) is 11.9 Å². The normalized spacial score (nSPS) is 14.7. The van der Waals surface area contributed by atoms with Crippen LogP contribution in [0.4, 0.5) is 4.39 Å². The minimum absolute atomic E-state index is 0.0708. The van der Waals surface area contributed by atoms with Crippen LogP contribution in [0.1, 0.15) is 52.1 Å². The molecule has 0 heterocycles. The molecule has 1 aromatic carbocycles. The molecule has 1 aromatic rings. The fraction of sp³-hybridized carbons (Fsp3) is 0.562. The highest BCUT2D eigenvalue weighted by atomic mass is 19.1. The molecule has 0 saturated heterocycles. The van der Waals surface area contributed by atoms with Crippen LogP contribution in [0.3, 0.4) is 0 Å². The number of benzene rings is 1. The summed E-state index contributed by atoms with van der Waals surface area (Å²) in [5, 5.41) is 2.89. The Morgan fingerprint density at radius 3 is 2.35 bits per heavy atom. The summed E-state index contributed by atoms with van der Waals surface area (Å²) in [5.41, 5.74) is 6.98. The summed E-state index contributed by atoms with van der Waals surface area (Å²) in [4.78, 5) is 11.9. The predicted octanol–water partition coefficient (Wildman–Crippen LogP) is 3.16. The second kappa shape index (κ2) is 6.84. The molecule has 3 N–H and O–H groups in total. The van der Waals surface area contributed by atoms with E-state index in [-0.39, 0.29) is 29.2 Å². The Labute approximate surface area is 120 Å². The number of rotatable bonds is 5. The van der Waals surface area contributed by atoms with Crippen molar-refractivity contribution < 1.29 is 9.18 Å². The van der Waals surface area contributed by atoms with Crippen molar-refractivity contribution >= 4 is 5.91 Å². The summed E-state index contributed by atoms with van der Waals surface area (Å²) in [6.07, 6.45) is 1.11. The zero-order valence-corrected chi connectivity index (χ0v) is 12.7. The van der Waals surface area contributed by atoms with Crippen LogP contribution >= 0.6 is 0 Å². The first-order valence-corrected chi connectivity index (χ1v) is 6.98. The van der Waals surface area contributed by atoms with E-state index in [2.05, 4.69) is 26.1 Å². The Hall–Kier alpha value is -1.42. The molecule has 0 aliphatic heterocycles. The van der Waals surface area contributed by atoms with Gasteiger partial charge in [-0.05, 0) is 36.5 Å². The zero-order valence-electron chi connectivity index (χ0n) is 12.7. The number of nitrogens with one attached hydrogen (secondary N) is 1. The Bertz CT molecular complexity index is 437. The molecule has 20 heavy (non-hydrogen) atoms. The molecule has 1 amide bonds. The average molecular weight is 280 g/mol. The molecule has 0 spiro atoms. The summed E-state index contributed by atoms with van der Waals surface area (Å²) in [6, 6.07) is 5.84. The van der Waals surface area contributed by atoms with Crippen molar-refractivity contribution in [1.82, 2.24) is 5.32 Å². The van der Waals surface area contributed by atoms with Gasteiger partial charge in [0.2, 0.25) is 5.91 Å². The van der Waals surface area contributed by atoms with E-state index in [1.807, 2.05) is 6.92 Å². The van der Waals surface area contributed by atoms with Crippen molar-refractivity contribution in [2.75, 3.05) is 0 Å². The molecule has 0 aliphatic rings. The summed E-state index contributed by atoms with van der Waals surface area (Å²) in [5.74, 6) is -0.349. The maximum atomic E-state index is 12.8. The van der Waals surface area contributed by atoms with Gasteiger partial charge >= 0.3 is 0 Å². The number of carbonyl (C=O) groups excluding carboxylic acids is 1. The highest BCUT2D eigenvalue weighted by molar-refractivity contribution is 5.77. The molecule has 0 fully saturated rings. The molecule has 1 rings (SSSR count). The lowest BCUT2D eigenvalue weighted by Crippen LogP contribution is -2.35. The number of hydrogen-bond donors (Lipinski definition) is 2. The van der Waals surface area contributed by atoms with Crippen LogP contribution in [0.25, 0.3) is 0 Å². The third-order valence-corrected chi connectivity index (χ3v) is 3.07. The number of nitrogens with two attached hydrogens (primary N) is 1. The molecular formula is C16H25FN2O. The molecule has 4 heteroatoms. The summed E-state index contributed by atoms with van der Waals surface area (Å²) in [6.45, 7) is 8.18. The standard InChI is InChI=1S/C16H25FN2O/c1-11(12-5-7-13(17)8-6-12)19-15(20)9-14(18)10-16(2,3)4/h5-8,11,14H,9-10,18H2,1-4H3,(H,19,20)/t11-,14?/m1/s1. The molecule has 112 valence electrons. The quantitative estimate of drug-likeness (QED) is 0.870. The van der Waals surface area contributed by atoms with Crippen molar-refractivity contribution in [2.45, 2.75) is 52.6 Å². The number of halogens is 1. The fourth-order valence-electron chi connectivity index (χ4n) is 2.23. The van der Waals surface area contributed by atoms with Crippen molar-refractivity contribution in [1.29, 1.82) is 0 Å². The molecule has 3 nitrogen and oxygen atoms in total. The number of hydrogen-bond acceptors (Lipinski definition) is 2. The Kier molecular flexibility index (Phi) is 5.69. The first-order valence-electron chi connectivity index (χ1n) is 6.98. The summed E-state index contributed by atoms with van der Waals surface area (Å²) >= 11 is 0. The van der Waals surface area contributed by atoms with Crippen LogP contribution in [-0.2, 0) is 4.79 Å². The average Bonchev–Trinajstić information content (AvgIpc) is 2.26.